The summed E-state index contributed by atoms with van der Waals surface area (Å²) in [7, 11) is 3.61. The molecule has 1 saturated carbocycles. The molecule has 1 aromatic rings. The summed E-state index contributed by atoms with van der Waals surface area (Å²) in [6, 6.07) is 0. The molecule has 1 fully saturated rings. The van der Waals surface area contributed by atoms with Gasteiger partial charge in [0.2, 0.25) is 0 Å². The van der Waals surface area contributed by atoms with Gasteiger partial charge in [-0.05, 0) is 47.8 Å². The van der Waals surface area contributed by atoms with Gasteiger partial charge >= 0.3 is 0 Å². The quantitative estimate of drug-likeness (QED) is 0.837. The van der Waals surface area contributed by atoms with E-state index in [0.29, 0.717) is 12.5 Å². The molecule has 0 aromatic carbocycles. The van der Waals surface area contributed by atoms with Crippen LogP contribution in [0.1, 0.15) is 43.6 Å². The maximum Gasteiger partial charge on any atom is 0.143 e. The third-order valence-electron chi connectivity index (χ3n) is 3.51. The van der Waals surface area contributed by atoms with Crippen LogP contribution in [0.4, 0.5) is 5.82 Å². The number of methoxy groups -OCH3 is 1. The van der Waals surface area contributed by atoms with Gasteiger partial charge in [-0.25, -0.2) is 9.97 Å². The molecule has 2 atom stereocenters. The van der Waals surface area contributed by atoms with Crippen molar-refractivity contribution in [3.05, 3.63) is 15.1 Å². The summed E-state index contributed by atoms with van der Waals surface area (Å²) >= 11 is 2.28. The summed E-state index contributed by atoms with van der Waals surface area (Å²) in [5.74, 6) is 3.21. The van der Waals surface area contributed by atoms with Gasteiger partial charge in [0, 0.05) is 20.1 Å². The number of anilines is 1. The van der Waals surface area contributed by atoms with Gasteiger partial charge in [0.25, 0.3) is 0 Å². The van der Waals surface area contributed by atoms with Crippen molar-refractivity contribution < 1.29 is 4.74 Å². The van der Waals surface area contributed by atoms with Gasteiger partial charge in [-0.1, -0.05) is 6.92 Å². The van der Waals surface area contributed by atoms with Gasteiger partial charge in [-0.2, -0.15) is 0 Å². The molecule has 0 aliphatic heterocycles. The summed E-state index contributed by atoms with van der Waals surface area (Å²) in [6.07, 6.45) is 3.70. The van der Waals surface area contributed by atoms with Crippen LogP contribution in [-0.2, 0) is 11.3 Å². The molecular weight excluding hydrogens is 341 g/mol. The Labute approximate surface area is 122 Å². The fourth-order valence-corrected chi connectivity index (χ4v) is 3.20. The average Bonchev–Trinajstić information content (AvgIpc) is 2.79. The van der Waals surface area contributed by atoms with Gasteiger partial charge in [0.05, 0.1) is 15.9 Å². The van der Waals surface area contributed by atoms with Crippen LogP contribution in [0.2, 0.25) is 0 Å². The maximum absolute atomic E-state index is 5.22. The summed E-state index contributed by atoms with van der Waals surface area (Å²) in [5, 5.41) is 3.15. The highest BCUT2D eigenvalue weighted by Gasteiger charge is 2.26. The zero-order chi connectivity index (χ0) is 13.1. The molecule has 4 nitrogen and oxygen atoms in total. The smallest absolute Gasteiger partial charge is 0.143 e. The maximum atomic E-state index is 5.22. The molecule has 100 valence electrons. The number of aromatic nitrogens is 2. The standard InChI is InChI=1S/C13H20IN3O/c1-8-4-5-9(6-8)12-16-10(7-18-3)11(14)13(15-2)17-12/h8-9H,4-7H2,1-3H3,(H,15,16,17). The van der Waals surface area contributed by atoms with Crippen LogP contribution >= 0.6 is 22.6 Å². The van der Waals surface area contributed by atoms with E-state index in [2.05, 4.69) is 39.8 Å². The van der Waals surface area contributed by atoms with E-state index in [1.807, 2.05) is 7.05 Å². The van der Waals surface area contributed by atoms with E-state index >= 15 is 0 Å². The molecule has 18 heavy (non-hydrogen) atoms. The van der Waals surface area contributed by atoms with E-state index in [1.165, 1.54) is 19.3 Å². The lowest BCUT2D eigenvalue weighted by molar-refractivity contribution is 0.180. The van der Waals surface area contributed by atoms with Crippen molar-refractivity contribution in [2.24, 2.45) is 5.92 Å². The van der Waals surface area contributed by atoms with Crippen LogP contribution in [0.15, 0.2) is 0 Å². The Morgan fingerprint density at radius 3 is 2.72 bits per heavy atom. The van der Waals surface area contributed by atoms with Crippen molar-refractivity contribution in [1.82, 2.24) is 9.97 Å². The summed E-state index contributed by atoms with van der Waals surface area (Å²) in [4.78, 5) is 9.37. The third kappa shape index (κ3) is 2.93. The fraction of sp³-hybridized carbons (Fsp3) is 0.692. The molecule has 0 radical (unpaired) electrons. The van der Waals surface area contributed by atoms with Gasteiger partial charge < -0.3 is 10.1 Å². The van der Waals surface area contributed by atoms with Crippen molar-refractivity contribution in [2.45, 2.75) is 38.7 Å². The highest BCUT2D eigenvalue weighted by molar-refractivity contribution is 14.1. The highest BCUT2D eigenvalue weighted by atomic mass is 127. The first-order valence-electron chi connectivity index (χ1n) is 6.38. The van der Waals surface area contributed by atoms with Crippen molar-refractivity contribution in [1.29, 1.82) is 0 Å². The first kappa shape index (κ1) is 14.0. The second-order valence-corrected chi connectivity index (χ2v) is 6.07. The molecule has 1 aromatic heterocycles. The second-order valence-electron chi connectivity index (χ2n) is 4.99. The van der Waals surface area contributed by atoms with E-state index in [-0.39, 0.29) is 0 Å². The zero-order valence-corrected chi connectivity index (χ0v) is 13.3. The van der Waals surface area contributed by atoms with Crippen LogP contribution in [0.5, 0.6) is 0 Å². The largest absolute Gasteiger partial charge is 0.378 e. The van der Waals surface area contributed by atoms with E-state index in [1.54, 1.807) is 7.11 Å². The van der Waals surface area contributed by atoms with Crippen molar-refractivity contribution in [3.63, 3.8) is 0 Å². The molecule has 1 aliphatic carbocycles. The summed E-state index contributed by atoms with van der Waals surface area (Å²) < 4.78 is 6.29. The minimum atomic E-state index is 0.514. The first-order valence-corrected chi connectivity index (χ1v) is 7.46. The van der Waals surface area contributed by atoms with Crippen LogP contribution in [0.3, 0.4) is 0 Å². The molecule has 0 spiro atoms. The van der Waals surface area contributed by atoms with E-state index in [4.69, 9.17) is 9.72 Å². The molecule has 1 aliphatic rings. The van der Waals surface area contributed by atoms with E-state index in [0.717, 1.165) is 26.8 Å². The molecule has 0 bridgehead atoms. The van der Waals surface area contributed by atoms with Crippen molar-refractivity contribution in [2.75, 3.05) is 19.5 Å². The second kappa shape index (κ2) is 6.14. The molecule has 2 unspecified atom stereocenters. The SMILES string of the molecule is CNc1nc(C2CCC(C)C2)nc(COC)c1I. The van der Waals surface area contributed by atoms with Gasteiger partial charge in [0.15, 0.2) is 0 Å². The van der Waals surface area contributed by atoms with Gasteiger partial charge in [0.1, 0.15) is 11.6 Å². The monoisotopic (exact) mass is 361 g/mol. The molecule has 0 amide bonds. The lowest BCUT2D eigenvalue weighted by Crippen LogP contribution is -2.10. The lowest BCUT2D eigenvalue weighted by atomic mass is 10.1. The highest BCUT2D eigenvalue weighted by Crippen LogP contribution is 2.37. The lowest BCUT2D eigenvalue weighted by Gasteiger charge is -2.14. The Bertz CT molecular complexity index is 425. The van der Waals surface area contributed by atoms with Crippen molar-refractivity contribution in [3.8, 4) is 0 Å². The Morgan fingerprint density at radius 1 is 1.39 bits per heavy atom. The molecule has 1 N–H and O–H groups in total. The molecular formula is C13H20IN3O. The summed E-state index contributed by atoms with van der Waals surface area (Å²) in [5.41, 5.74) is 0.993. The summed E-state index contributed by atoms with van der Waals surface area (Å²) in [6.45, 7) is 2.85. The Morgan fingerprint density at radius 2 is 2.17 bits per heavy atom. The number of rotatable bonds is 4. The van der Waals surface area contributed by atoms with Crippen LogP contribution in [-0.4, -0.2) is 24.1 Å². The topological polar surface area (TPSA) is 47.0 Å². The Kier molecular flexibility index (Phi) is 4.77. The van der Waals surface area contributed by atoms with Crippen LogP contribution in [0.25, 0.3) is 0 Å². The third-order valence-corrected chi connectivity index (χ3v) is 4.65. The molecule has 2 rings (SSSR count). The van der Waals surface area contributed by atoms with E-state index < -0.39 is 0 Å². The van der Waals surface area contributed by atoms with Crippen LogP contribution in [0, 0.1) is 9.49 Å². The van der Waals surface area contributed by atoms with Crippen LogP contribution < -0.4 is 5.32 Å². The predicted molar refractivity (Wildman–Crippen MR) is 80.8 cm³/mol. The van der Waals surface area contributed by atoms with Gasteiger partial charge in [-0.15, -0.1) is 0 Å². The average molecular weight is 361 g/mol. The van der Waals surface area contributed by atoms with Crippen molar-refractivity contribution >= 4 is 28.4 Å². The predicted octanol–water partition coefficient (Wildman–Crippen LogP) is 3.17. The zero-order valence-electron chi connectivity index (χ0n) is 11.2. The fourth-order valence-electron chi connectivity index (χ4n) is 2.53. The molecule has 0 saturated heterocycles. The van der Waals surface area contributed by atoms with Gasteiger partial charge in [-0.3, -0.25) is 0 Å². The number of nitrogens with one attached hydrogen (secondary N) is 1. The number of nitrogens with zero attached hydrogens (tertiary/aromatic N) is 2. The normalized spacial score (nSPS) is 23.3. The molecule has 5 heteroatoms. The Balaban J connectivity index is 2.32. The number of hydrogen-bond acceptors (Lipinski definition) is 4. The van der Waals surface area contributed by atoms with E-state index in [9.17, 15) is 0 Å². The minimum Gasteiger partial charge on any atom is -0.378 e. The number of hydrogen-bond donors (Lipinski definition) is 1. The number of ether oxygens (including phenoxy) is 1. The number of halogens is 1. The Hall–Kier alpha value is -0.430. The first-order chi connectivity index (χ1) is 8.65. The molecule has 1 heterocycles. The minimum absolute atomic E-state index is 0.514.